The lowest BCUT2D eigenvalue weighted by Gasteiger charge is -2.40. The van der Waals surface area contributed by atoms with Gasteiger partial charge in [-0.05, 0) is 30.5 Å². The summed E-state index contributed by atoms with van der Waals surface area (Å²) in [5, 5.41) is 10.4. The highest BCUT2D eigenvalue weighted by molar-refractivity contribution is 5.43. The van der Waals surface area contributed by atoms with Gasteiger partial charge in [0.1, 0.15) is 12.7 Å². The van der Waals surface area contributed by atoms with E-state index in [4.69, 9.17) is 14.2 Å². The molecule has 0 radical (unpaired) electrons. The molecule has 7 heteroatoms. The van der Waals surface area contributed by atoms with Gasteiger partial charge in [0.2, 0.25) is 0 Å². The Hall–Kier alpha value is -1.38. The minimum atomic E-state index is -0.530. The number of aliphatic hydroxyl groups excluding tert-OH is 1. The molecule has 0 bridgehead atoms. The van der Waals surface area contributed by atoms with Crippen molar-refractivity contribution in [2.24, 2.45) is 0 Å². The van der Waals surface area contributed by atoms with Crippen molar-refractivity contribution >= 4 is 0 Å². The second kappa shape index (κ2) is 12.2. The molecule has 3 aliphatic rings. The Labute approximate surface area is 193 Å². The summed E-state index contributed by atoms with van der Waals surface area (Å²) in [4.78, 5) is 7.47. The van der Waals surface area contributed by atoms with Gasteiger partial charge >= 0.3 is 0 Å². The molecule has 1 aromatic rings. The van der Waals surface area contributed by atoms with Gasteiger partial charge in [-0.1, -0.05) is 25.3 Å². The average Bonchev–Trinajstić information content (AvgIpc) is 2.85. The van der Waals surface area contributed by atoms with Crippen molar-refractivity contribution in [1.82, 2.24) is 14.7 Å². The van der Waals surface area contributed by atoms with E-state index in [0.29, 0.717) is 12.3 Å². The van der Waals surface area contributed by atoms with Crippen LogP contribution in [0.3, 0.4) is 0 Å². The van der Waals surface area contributed by atoms with Crippen molar-refractivity contribution in [2.75, 3.05) is 72.7 Å². The van der Waals surface area contributed by atoms with E-state index in [9.17, 15) is 5.11 Å². The highest BCUT2D eigenvalue weighted by Gasteiger charge is 2.25. The molecule has 0 spiro atoms. The van der Waals surface area contributed by atoms with Gasteiger partial charge in [-0.3, -0.25) is 14.7 Å². The molecule has 1 aromatic carbocycles. The SMILES string of the molecule is COc1cc(CN2CCN(C3CCCCC3)CC2)ccc1OCC(O)CN1CCOCC1. The van der Waals surface area contributed by atoms with Gasteiger partial charge in [0.25, 0.3) is 0 Å². The number of hydrogen-bond donors (Lipinski definition) is 1. The molecular weight excluding hydrogens is 406 g/mol. The average molecular weight is 448 g/mol. The zero-order valence-electron chi connectivity index (χ0n) is 19.7. The summed E-state index contributed by atoms with van der Waals surface area (Å²) >= 11 is 0. The van der Waals surface area contributed by atoms with Crippen LogP contribution in [0, 0.1) is 0 Å². The zero-order chi connectivity index (χ0) is 22.2. The number of benzene rings is 1. The number of rotatable bonds is 9. The maximum atomic E-state index is 10.4. The summed E-state index contributed by atoms with van der Waals surface area (Å²) in [5.74, 6) is 1.43. The zero-order valence-corrected chi connectivity index (χ0v) is 19.7. The highest BCUT2D eigenvalue weighted by atomic mass is 16.5. The number of ether oxygens (including phenoxy) is 3. The largest absolute Gasteiger partial charge is 0.493 e. The van der Waals surface area contributed by atoms with E-state index in [1.54, 1.807) is 7.11 Å². The maximum Gasteiger partial charge on any atom is 0.161 e. The topological polar surface area (TPSA) is 57.6 Å². The Morgan fingerprint density at radius 3 is 2.44 bits per heavy atom. The summed E-state index contributed by atoms with van der Waals surface area (Å²) in [6.45, 7) is 9.64. The third kappa shape index (κ3) is 6.81. The Kier molecular flexibility index (Phi) is 9.05. The molecule has 2 heterocycles. The molecule has 1 atom stereocenters. The number of methoxy groups -OCH3 is 1. The van der Waals surface area contributed by atoms with Crippen molar-refractivity contribution in [3.63, 3.8) is 0 Å². The Bertz CT molecular complexity index is 684. The smallest absolute Gasteiger partial charge is 0.161 e. The van der Waals surface area contributed by atoms with Crippen LogP contribution in [0.15, 0.2) is 18.2 Å². The van der Waals surface area contributed by atoms with Crippen molar-refractivity contribution in [1.29, 1.82) is 0 Å². The normalized spacial score (nSPS) is 23.2. The second-order valence-corrected chi connectivity index (χ2v) is 9.47. The van der Waals surface area contributed by atoms with E-state index in [1.165, 1.54) is 50.8 Å². The fraction of sp³-hybridized carbons (Fsp3) is 0.760. The lowest BCUT2D eigenvalue weighted by Crippen LogP contribution is -2.50. The Balaban J connectivity index is 1.23. The predicted octanol–water partition coefficient (Wildman–Crippen LogP) is 2.22. The molecule has 32 heavy (non-hydrogen) atoms. The fourth-order valence-electron chi connectivity index (χ4n) is 5.24. The van der Waals surface area contributed by atoms with E-state index < -0.39 is 6.10 Å². The number of nitrogens with zero attached hydrogens (tertiary/aromatic N) is 3. The fourth-order valence-corrected chi connectivity index (χ4v) is 5.24. The van der Waals surface area contributed by atoms with Crippen LogP contribution in [-0.4, -0.2) is 105 Å². The molecule has 0 amide bonds. The van der Waals surface area contributed by atoms with Gasteiger partial charge in [0.15, 0.2) is 11.5 Å². The van der Waals surface area contributed by atoms with E-state index in [2.05, 4.69) is 26.8 Å². The molecule has 1 unspecified atom stereocenters. The van der Waals surface area contributed by atoms with E-state index in [0.717, 1.165) is 57.7 Å². The highest BCUT2D eigenvalue weighted by Crippen LogP contribution is 2.29. The molecule has 2 saturated heterocycles. The molecule has 7 nitrogen and oxygen atoms in total. The van der Waals surface area contributed by atoms with Gasteiger partial charge in [0.05, 0.1) is 20.3 Å². The molecule has 1 N–H and O–H groups in total. The number of β-amino-alcohol motifs (C(OH)–C–C–N with tert-alkyl or cyclic N) is 1. The summed E-state index contributed by atoms with van der Waals surface area (Å²) < 4.78 is 16.9. The lowest BCUT2D eigenvalue weighted by molar-refractivity contribution is 0.00445. The minimum Gasteiger partial charge on any atom is -0.493 e. The second-order valence-electron chi connectivity index (χ2n) is 9.47. The first-order valence-electron chi connectivity index (χ1n) is 12.5. The van der Waals surface area contributed by atoms with Gasteiger partial charge in [0, 0.05) is 58.4 Å². The number of hydrogen-bond acceptors (Lipinski definition) is 7. The summed E-state index contributed by atoms with van der Waals surface area (Å²) in [6.07, 6.45) is 6.48. The molecule has 4 rings (SSSR count). The number of piperazine rings is 1. The number of morpholine rings is 1. The Morgan fingerprint density at radius 1 is 0.969 bits per heavy atom. The van der Waals surface area contributed by atoms with Crippen molar-refractivity contribution < 1.29 is 19.3 Å². The standard InChI is InChI=1S/C25H41N3O4/c1-30-25-17-21(18-26-9-11-28(12-10-26)22-5-3-2-4-6-22)7-8-24(25)32-20-23(29)19-27-13-15-31-16-14-27/h7-8,17,22-23,29H,2-6,9-16,18-20H2,1H3. The van der Waals surface area contributed by atoms with Crippen LogP contribution < -0.4 is 9.47 Å². The van der Waals surface area contributed by atoms with E-state index >= 15 is 0 Å². The van der Waals surface area contributed by atoms with Crippen molar-refractivity contribution in [2.45, 2.75) is 50.8 Å². The third-order valence-electron chi connectivity index (χ3n) is 7.14. The van der Waals surface area contributed by atoms with Gasteiger partial charge in [-0.15, -0.1) is 0 Å². The molecule has 180 valence electrons. The van der Waals surface area contributed by atoms with Crippen LogP contribution in [0.4, 0.5) is 0 Å². The first-order chi connectivity index (χ1) is 15.7. The summed E-state index contributed by atoms with van der Waals surface area (Å²) in [6, 6.07) is 7.01. The van der Waals surface area contributed by atoms with E-state index in [1.807, 2.05) is 6.07 Å². The first-order valence-corrected chi connectivity index (χ1v) is 12.5. The van der Waals surface area contributed by atoms with Crippen molar-refractivity contribution in [3.8, 4) is 11.5 Å². The van der Waals surface area contributed by atoms with Crippen LogP contribution in [0.5, 0.6) is 11.5 Å². The molecule has 0 aromatic heterocycles. The summed E-state index contributed by atoms with van der Waals surface area (Å²) in [5.41, 5.74) is 1.24. The van der Waals surface area contributed by atoms with Crippen LogP contribution in [0.2, 0.25) is 0 Å². The summed E-state index contributed by atoms with van der Waals surface area (Å²) in [7, 11) is 1.68. The quantitative estimate of drug-likeness (QED) is 0.623. The monoisotopic (exact) mass is 447 g/mol. The molecule has 1 aliphatic carbocycles. The first kappa shape index (κ1) is 23.8. The molecule has 3 fully saturated rings. The maximum absolute atomic E-state index is 10.4. The molecule has 2 aliphatic heterocycles. The van der Waals surface area contributed by atoms with Gasteiger partial charge in [-0.2, -0.15) is 0 Å². The molecule has 1 saturated carbocycles. The number of aliphatic hydroxyl groups is 1. The lowest BCUT2D eigenvalue weighted by atomic mass is 9.94. The minimum absolute atomic E-state index is 0.260. The predicted molar refractivity (Wildman–Crippen MR) is 125 cm³/mol. The molecular formula is C25H41N3O4. The van der Waals surface area contributed by atoms with Crippen molar-refractivity contribution in [3.05, 3.63) is 23.8 Å². The third-order valence-corrected chi connectivity index (χ3v) is 7.14. The van der Waals surface area contributed by atoms with Gasteiger partial charge in [-0.25, -0.2) is 0 Å². The van der Waals surface area contributed by atoms with Crippen LogP contribution >= 0.6 is 0 Å². The van der Waals surface area contributed by atoms with Crippen LogP contribution in [-0.2, 0) is 11.3 Å². The van der Waals surface area contributed by atoms with E-state index in [-0.39, 0.29) is 6.61 Å². The van der Waals surface area contributed by atoms with Gasteiger partial charge < -0.3 is 19.3 Å². The van der Waals surface area contributed by atoms with Crippen LogP contribution in [0.1, 0.15) is 37.7 Å². The van der Waals surface area contributed by atoms with Crippen LogP contribution in [0.25, 0.3) is 0 Å². The Morgan fingerprint density at radius 2 is 1.72 bits per heavy atom.